The fourth-order valence-electron chi connectivity index (χ4n) is 2.84. The van der Waals surface area contributed by atoms with Crippen molar-refractivity contribution in [1.29, 1.82) is 0 Å². The van der Waals surface area contributed by atoms with E-state index in [-0.39, 0.29) is 12.5 Å². The number of benzene rings is 1. The van der Waals surface area contributed by atoms with E-state index in [1.165, 1.54) is 12.2 Å². The number of hydrogen-bond donors (Lipinski definition) is 0. The van der Waals surface area contributed by atoms with Crippen LogP contribution in [-0.4, -0.2) is 31.2 Å². The minimum absolute atomic E-state index is 0.132. The normalized spacial score (nSPS) is 11.3. The molecular formula is C21H19N5O4. The number of carbonyl (C=O) groups excluding carboxylic acids is 1. The molecule has 0 aliphatic rings. The highest BCUT2D eigenvalue weighted by atomic mass is 16.5. The lowest BCUT2D eigenvalue weighted by Gasteiger charge is -1.99. The molecular weight excluding hydrogens is 386 g/mol. The summed E-state index contributed by atoms with van der Waals surface area (Å²) in [5, 5.41) is 15.9. The van der Waals surface area contributed by atoms with Crippen LogP contribution in [0.15, 0.2) is 57.5 Å². The predicted molar refractivity (Wildman–Crippen MR) is 106 cm³/mol. The van der Waals surface area contributed by atoms with Gasteiger partial charge in [-0.2, -0.15) is 0 Å². The first-order valence-electron chi connectivity index (χ1n) is 9.25. The van der Waals surface area contributed by atoms with Crippen molar-refractivity contribution in [3.8, 4) is 11.5 Å². The number of rotatable bonds is 7. The van der Waals surface area contributed by atoms with Crippen molar-refractivity contribution in [2.24, 2.45) is 0 Å². The molecule has 3 aromatic heterocycles. The Labute approximate surface area is 172 Å². The van der Waals surface area contributed by atoms with Crippen molar-refractivity contribution in [1.82, 2.24) is 25.2 Å². The van der Waals surface area contributed by atoms with Gasteiger partial charge in [0.05, 0.1) is 18.3 Å². The van der Waals surface area contributed by atoms with E-state index in [0.29, 0.717) is 23.9 Å². The number of hydrogen-bond acceptors (Lipinski definition) is 8. The van der Waals surface area contributed by atoms with E-state index in [1.54, 1.807) is 10.9 Å². The second-order valence-electron chi connectivity index (χ2n) is 6.60. The van der Waals surface area contributed by atoms with E-state index in [0.717, 1.165) is 16.9 Å². The van der Waals surface area contributed by atoms with Crippen molar-refractivity contribution >= 4 is 12.0 Å². The molecule has 9 heteroatoms. The second-order valence-corrected chi connectivity index (χ2v) is 6.60. The zero-order valence-corrected chi connectivity index (χ0v) is 16.5. The predicted octanol–water partition coefficient (Wildman–Crippen LogP) is 3.34. The molecule has 0 spiro atoms. The lowest BCUT2D eigenvalue weighted by Crippen LogP contribution is -2.01. The van der Waals surface area contributed by atoms with Crippen molar-refractivity contribution < 1.29 is 18.4 Å². The number of furan rings is 1. The lowest BCUT2D eigenvalue weighted by atomic mass is 10.2. The quantitative estimate of drug-likeness (QED) is 0.340. The molecule has 0 radical (unpaired) electrons. The monoisotopic (exact) mass is 405 g/mol. The molecule has 0 saturated carbocycles. The molecule has 0 aliphatic heterocycles. The van der Waals surface area contributed by atoms with E-state index >= 15 is 0 Å². The van der Waals surface area contributed by atoms with Crippen LogP contribution in [0, 0.1) is 13.8 Å². The van der Waals surface area contributed by atoms with Crippen molar-refractivity contribution in [3.63, 3.8) is 0 Å². The molecule has 0 amide bonds. The Hall–Kier alpha value is -4.01. The van der Waals surface area contributed by atoms with Gasteiger partial charge in [0.25, 0.3) is 11.8 Å². The summed E-state index contributed by atoms with van der Waals surface area (Å²) < 4.78 is 17.8. The van der Waals surface area contributed by atoms with Crippen LogP contribution in [0.2, 0.25) is 0 Å². The zero-order valence-electron chi connectivity index (χ0n) is 16.5. The maximum Gasteiger partial charge on any atom is 0.331 e. The molecule has 4 aromatic rings. The number of esters is 1. The number of carbonyl (C=O) groups is 1. The van der Waals surface area contributed by atoms with Crippen molar-refractivity contribution in [3.05, 3.63) is 77.3 Å². The molecule has 0 fully saturated rings. The van der Waals surface area contributed by atoms with Crippen LogP contribution < -0.4 is 0 Å². The van der Waals surface area contributed by atoms with E-state index in [9.17, 15) is 4.79 Å². The largest absolute Gasteiger partial charge is 0.466 e. The summed E-state index contributed by atoms with van der Waals surface area (Å²) in [4.78, 5) is 12.0. The summed E-state index contributed by atoms with van der Waals surface area (Å²) in [5.41, 5.74) is 2.38. The first-order chi connectivity index (χ1) is 14.6. The smallest absolute Gasteiger partial charge is 0.331 e. The average molecular weight is 405 g/mol. The highest BCUT2D eigenvalue weighted by Crippen LogP contribution is 2.25. The maximum absolute atomic E-state index is 12.0. The minimum atomic E-state index is -0.553. The van der Waals surface area contributed by atoms with Crippen molar-refractivity contribution in [2.75, 3.05) is 0 Å². The molecule has 9 nitrogen and oxygen atoms in total. The topological polar surface area (TPSA) is 109 Å². The lowest BCUT2D eigenvalue weighted by molar-refractivity contribution is -0.139. The summed E-state index contributed by atoms with van der Waals surface area (Å²) in [5.74, 6) is 1.39. The molecule has 0 unspecified atom stereocenters. The van der Waals surface area contributed by atoms with Gasteiger partial charge in [-0.3, -0.25) is 0 Å². The van der Waals surface area contributed by atoms with Gasteiger partial charge in [-0.25, -0.2) is 9.48 Å². The highest BCUT2D eigenvalue weighted by molar-refractivity contribution is 5.86. The zero-order chi connectivity index (χ0) is 20.9. The van der Waals surface area contributed by atoms with E-state index < -0.39 is 5.97 Å². The standard InChI is InChI=1S/C21H19N5O4/c1-14-10-18(15(2)29-14)21-24-23-19(30-21)13-28-20(27)9-8-17-12-26(25-22-17)11-16-6-4-3-5-7-16/h3-10,12H,11,13H2,1-2H3/b9-8+. The Bertz CT molecular complexity index is 1170. The highest BCUT2D eigenvalue weighted by Gasteiger charge is 2.15. The minimum Gasteiger partial charge on any atom is -0.466 e. The van der Waals surface area contributed by atoms with Crippen LogP contribution in [0.1, 0.15) is 28.7 Å². The SMILES string of the molecule is Cc1cc(-c2nnc(COC(=O)/C=C/c3cn(Cc4ccccc4)nn3)o2)c(C)o1. The van der Waals surface area contributed by atoms with Crippen LogP contribution >= 0.6 is 0 Å². The average Bonchev–Trinajstić information content (AvgIpc) is 3.46. The molecule has 3 heterocycles. The number of aryl methyl sites for hydroxylation is 2. The van der Waals surface area contributed by atoms with Gasteiger partial charge < -0.3 is 13.6 Å². The van der Waals surface area contributed by atoms with Gasteiger partial charge >= 0.3 is 5.97 Å². The molecule has 4 rings (SSSR count). The Morgan fingerprint density at radius 2 is 1.97 bits per heavy atom. The van der Waals surface area contributed by atoms with Crippen LogP contribution in [-0.2, 0) is 22.7 Å². The van der Waals surface area contributed by atoms with Gasteiger partial charge in [0.2, 0.25) is 0 Å². The molecule has 1 aromatic carbocycles. The van der Waals surface area contributed by atoms with E-state index in [2.05, 4.69) is 20.5 Å². The van der Waals surface area contributed by atoms with Crippen molar-refractivity contribution in [2.45, 2.75) is 27.0 Å². The van der Waals surface area contributed by atoms with Gasteiger partial charge in [0.15, 0.2) is 6.61 Å². The van der Waals surface area contributed by atoms with E-state index in [4.69, 9.17) is 13.6 Å². The van der Waals surface area contributed by atoms with Crippen LogP contribution in [0.5, 0.6) is 0 Å². The summed E-state index contributed by atoms with van der Waals surface area (Å²) >= 11 is 0. The Kier molecular flexibility index (Phi) is 5.51. The molecule has 30 heavy (non-hydrogen) atoms. The third-order valence-corrected chi connectivity index (χ3v) is 4.21. The second kappa shape index (κ2) is 8.56. The Morgan fingerprint density at radius 3 is 2.73 bits per heavy atom. The van der Waals surface area contributed by atoms with Gasteiger partial charge in [0, 0.05) is 6.08 Å². The summed E-state index contributed by atoms with van der Waals surface area (Å²) in [6, 6.07) is 11.7. The molecule has 0 atom stereocenters. The third kappa shape index (κ3) is 4.69. The summed E-state index contributed by atoms with van der Waals surface area (Å²) in [6.07, 6.45) is 4.56. The summed E-state index contributed by atoms with van der Waals surface area (Å²) in [6.45, 7) is 4.11. The molecule has 0 aliphatic carbocycles. The van der Waals surface area contributed by atoms with E-state index in [1.807, 2.05) is 50.2 Å². The third-order valence-electron chi connectivity index (χ3n) is 4.21. The molecule has 152 valence electrons. The number of nitrogens with zero attached hydrogens (tertiary/aromatic N) is 5. The van der Waals surface area contributed by atoms with Crippen LogP contribution in [0.4, 0.5) is 0 Å². The van der Waals surface area contributed by atoms with Crippen LogP contribution in [0.3, 0.4) is 0 Å². The Balaban J connectivity index is 1.30. The van der Waals surface area contributed by atoms with Crippen LogP contribution in [0.25, 0.3) is 17.5 Å². The van der Waals surface area contributed by atoms with Gasteiger partial charge in [0.1, 0.15) is 17.2 Å². The fraction of sp³-hybridized carbons (Fsp3) is 0.190. The fourth-order valence-corrected chi connectivity index (χ4v) is 2.84. The molecule has 0 bridgehead atoms. The number of ether oxygens (including phenoxy) is 1. The number of aromatic nitrogens is 5. The Morgan fingerprint density at radius 1 is 1.13 bits per heavy atom. The maximum atomic E-state index is 12.0. The summed E-state index contributed by atoms with van der Waals surface area (Å²) in [7, 11) is 0. The molecule has 0 N–H and O–H groups in total. The molecule has 0 saturated heterocycles. The first-order valence-corrected chi connectivity index (χ1v) is 9.25. The first kappa shape index (κ1) is 19.3. The van der Waals surface area contributed by atoms with Gasteiger partial charge in [-0.1, -0.05) is 35.5 Å². The van der Waals surface area contributed by atoms with Gasteiger partial charge in [-0.05, 0) is 31.6 Å². The van der Waals surface area contributed by atoms with Gasteiger partial charge in [-0.15, -0.1) is 15.3 Å².